The summed E-state index contributed by atoms with van der Waals surface area (Å²) in [6.07, 6.45) is 1.84. The molecule has 1 aliphatic rings. The van der Waals surface area contributed by atoms with Crippen LogP contribution in [0.3, 0.4) is 0 Å². The van der Waals surface area contributed by atoms with Crippen LogP contribution in [0.1, 0.15) is 23.4 Å². The SMILES string of the molecule is Cc1nn(-c2ccc(F)cc2)c2nc(N3CCCC(C(=O)NCc4cccs4)C3)sc12. The number of hydrogen-bond acceptors (Lipinski definition) is 6. The second-order valence-corrected chi connectivity index (χ2v) is 9.71. The number of benzene rings is 1. The Balaban J connectivity index is 1.34. The maximum Gasteiger partial charge on any atom is 0.225 e. The number of amides is 1. The van der Waals surface area contributed by atoms with Crippen molar-refractivity contribution >= 4 is 44.1 Å². The molecule has 1 amide bonds. The molecule has 4 heterocycles. The van der Waals surface area contributed by atoms with Gasteiger partial charge in [-0.3, -0.25) is 4.79 Å². The van der Waals surface area contributed by atoms with Crippen molar-refractivity contribution in [2.24, 2.45) is 5.92 Å². The largest absolute Gasteiger partial charge is 0.351 e. The van der Waals surface area contributed by atoms with E-state index in [1.54, 1.807) is 39.5 Å². The molecular weight excluding hydrogens is 433 g/mol. The van der Waals surface area contributed by atoms with Gasteiger partial charge in [-0.1, -0.05) is 17.4 Å². The van der Waals surface area contributed by atoms with E-state index < -0.39 is 0 Å². The van der Waals surface area contributed by atoms with Crippen molar-refractivity contribution in [3.63, 3.8) is 0 Å². The summed E-state index contributed by atoms with van der Waals surface area (Å²) in [5, 5.41) is 10.6. The molecule has 1 unspecified atom stereocenters. The Morgan fingerprint density at radius 2 is 2.13 bits per heavy atom. The molecule has 5 rings (SSSR count). The van der Waals surface area contributed by atoms with Crippen LogP contribution < -0.4 is 10.2 Å². The number of hydrogen-bond donors (Lipinski definition) is 1. The molecule has 1 saturated heterocycles. The smallest absolute Gasteiger partial charge is 0.225 e. The van der Waals surface area contributed by atoms with E-state index in [1.807, 2.05) is 24.4 Å². The zero-order valence-electron chi connectivity index (χ0n) is 17.0. The van der Waals surface area contributed by atoms with Crippen LogP contribution in [0.2, 0.25) is 0 Å². The average Bonchev–Trinajstić information content (AvgIpc) is 3.52. The molecule has 3 aromatic heterocycles. The lowest BCUT2D eigenvalue weighted by Crippen LogP contribution is -2.42. The number of rotatable bonds is 5. The Morgan fingerprint density at radius 3 is 2.90 bits per heavy atom. The highest BCUT2D eigenvalue weighted by Gasteiger charge is 2.28. The molecule has 1 atom stereocenters. The molecular formula is C22H22FN5OS2. The second-order valence-electron chi connectivity index (χ2n) is 7.71. The molecule has 1 aliphatic heterocycles. The molecule has 9 heteroatoms. The number of fused-ring (bicyclic) bond motifs is 1. The Morgan fingerprint density at radius 1 is 1.29 bits per heavy atom. The van der Waals surface area contributed by atoms with Crippen LogP contribution in [0, 0.1) is 18.7 Å². The summed E-state index contributed by atoms with van der Waals surface area (Å²) in [5.41, 5.74) is 2.44. The van der Waals surface area contributed by atoms with Crippen LogP contribution in [-0.4, -0.2) is 33.8 Å². The van der Waals surface area contributed by atoms with Crippen LogP contribution in [0.15, 0.2) is 41.8 Å². The van der Waals surface area contributed by atoms with Gasteiger partial charge in [0.2, 0.25) is 5.91 Å². The summed E-state index contributed by atoms with van der Waals surface area (Å²) >= 11 is 3.25. The van der Waals surface area contributed by atoms with Gasteiger partial charge in [-0.05, 0) is 55.5 Å². The molecule has 0 spiro atoms. The Kier molecular flexibility index (Phi) is 5.45. The molecule has 6 nitrogen and oxygen atoms in total. The Labute approximate surface area is 187 Å². The number of nitrogens with zero attached hydrogens (tertiary/aromatic N) is 4. The van der Waals surface area contributed by atoms with Crippen LogP contribution in [0.25, 0.3) is 16.0 Å². The Bertz CT molecular complexity index is 1200. The van der Waals surface area contributed by atoms with Crippen LogP contribution >= 0.6 is 22.7 Å². The average molecular weight is 456 g/mol. The van der Waals surface area contributed by atoms with Crippen LogP contribution in [0.4, 0.5) is 9.52 Å². The number of nitrogens with one attached hydrogen (secondary N) is 1. The molecule has 31 heavy (non-hydrogen) atoms. The van der Waals surface area contributed by atoms with E-state index in [-0.39, 0.29) is 17.6 Å². The molecule has 0 aliphatic carbocycles. The minimum atomic E-state index is -0.278. The maximum absolute atomic E-state index is 13.3. The fraction of sp³-hybridized carbons (Fsp3) is 0.318. The standard InChI is InChI=1S/C22H22FN5OS2/c1-14-19-20(28(26-14)17-8-6-16(23)7-9-17)25-22(31-19)27-10-2-4-15(13-27)21(29)24-12-18-5-3-11-30-18/h3,5-9,11,15H,2,4,10,12-13H2,1H3,(H,24,29). The minimum Gasteiger partial charge on any atom is -0.351 e. The van der Waals surface area contributed by atoms with Crippen LogP contribution in [0.5, 0.6) is 0 Å². The van der Waals surface area contributed by atoms with E-state index in [9.17, 15) is 9.18 Å². The molecule has 1 N–H and O–H groups in total. The van der Waals surface area contributed by atoms with Crippen molar-refractivity contribution in [2.45, 2.75) is 26.3 Å². The van der Waals surface area contributed by atoms with Gasteiger partial charge in [0, 0.05) is 18.0 Å². The van der Waals surface area contributed by atoms with Gasteiger partial charge in [-0.15, -0.1) is 11.3 Å². The number of aryl methyl sites for hydroxylation is 1. The van der Waals surface area contributed by atoms with Gasteiger partial charge in [0.1, 0.15) is 5.82 Å². The predicted molar refractivity (Wildman–Crippen MR) is 123 cm³/mol. The normalized spacial score (nSPS) is 16.7. The molecule has 0 bridgehead atoms. The third-order valence-electron chi connectivity index (χ3n) is 5.53. The van der Waals surface area contributed by atoms with Crippen LogP contribution in [-0.2, 0) is 11.3 Å². The summed E-state index contributed by atoms with van der Waals surface area (Å²) in [7, 11) is 0. The first-order chi connectivity index (χ1) is 15.1. The summed E-state index contributed by atoms with van der Waals surface area (Å²) in [4.78, 5) is 20.9. The summed E-state index contributed by atoms with van der Waals surface area (Å²) < 4.78 is 16.1. The number of thiazole rings is 1. The number of anilines is 1. The number of carbonyl (C=O) groups excluding carboxylic acids is 1. The van der Waals surface area contributed by atoms with E-state index in [0.29, 0.717) is 13.1 Å². The molecule has 1 aromatic carbocycles. The molecule has 160 valence electrons. The lowest BCUT2D eigenvalue weighted by Gasteiger charge is -2.31. The minimum absolute atomic E-state index is 0.0459. The molecule has 0 radical (unpaired) electrons. The number of carbonyl (C=O) groups is 1. The number of aromatic nitrogens is 3. The van der Waals surface area contributed by atoms with E-state index in [4.69, 9.17) is 4.98 Å². The van der Waals surface area contributed by atoms with Gasteiger partial charge in [-0.2, -0.15) is 10.1 Å². The van der Waals surface area contributed by atoms with Crippen molar-refractivity contribution in [1.29, 1.82) is 0 Å². The number of thiophene rings is 1. The van der Waals surface area contributed by atoms with E-state index in [0.717, 1.165) is 51.1 Å². The maximum atomic E-state index is 13.3. The van der Waals surface area contributed by atoms with Gasteiger partial charge in [0.25, 0.3) is 0 Å². The van der Waals surface area contributed by atoms with Crippen molar-refractivity contribution in [2.75, 3.05) is 18.0 Å². The summed E-state index contributed by atoms with van der Waals surface area (Å²) in [6, 6.07) is 10.3. The van der Waals surface area contributed by atoms with E-state index in [1.165, 1.54) is 12.1 Å². The lowest BCUT2D eigenvalue weighted by molar-refractivity contribution is -0.125. The van der Waals surface area contributed by atoms with Gasteiger partial charge in [0.15, 0.2) is 10.8 Å². The Hall–Kier alpha value is -2.78. The zero-order valence-corrected chi connectivity index (χ0v) is 18.7. The fourth-order valence-corrected chi connectivity index (χ4v) is 5.58. The van der Waals surface area contributed by atoms with Gasteiger partial charge < -0.3 is 10.2 Å². The molecule has 0 saturated carbocycles. The second kappa shape index (κ2) is 8.39. The first kappa shape index (κ1) is 20.1. The van der Waals surface area contributed by atoms with Gasteiger partial charge in [-0.25, -0.2) is 9.07 Å². The third-order valence-corrected chi connectivity index (χ3v) is 7.62. The van der Waals surface area contributed by atoms with Crippen molar-refractivity contribution in [3.05, 3.63) is 58.2 Å². The molecule has 4 aromatic rings. The highest BCUT2D eigenvalue weighted by molar-refractivity contribution is 7.22. The van der Waals surface area contributed by atoms with Crippen molar-refractivity contribution < 1.29 is 9.18 Å². The van der Waals surface area contributed by atoms with Crippen molar-refractivity contribution in [3.8, 4) is 5.69 Å². The zero-order chi connectivity index (χ0) is 21.4. The highest BCUT2D eigenvalue weighted by atomic mass is 32.1. The summed E-state index contributed by atoms with van der Waals surface area (Å²) in [6.45, 7) is 4.09. The first-order valence-corrected chi connectivity index (χ1v) is 12.0. The quantitative estimate of drug-likeness (QED) is 0.481. The number of halogens is 1. The topological polar surface area (TPSA) is 63.1 Å². The van der Waals surface area contributed by atoms with Gasteiger partial charge >= 0.3 is 0 Å². The van der Waals surface area contributed by atoms with E-state index in [2.05, 4.69) is 15.3 Å². The first-order valence-electron chi connectivity index (χ1n) is 10.3. The lowest BCUT2D eigenvalue weighted by atomic mass is 9.97. The third kappa shape index (κ3) is 4.07. The van der Waals surface area contributed by atoms with Crippen molar-refractivity contribution in [1.82, 2.24) is 20.1 Å². The predicted octanol–water partition coefficient (Wildman–Crippen LogP) is 4.52. The van der Waals surface area contributed by atoms with E-state index >= 15 is 0 Å². The monoisotopic (exact) mass is 455 g/mol. The molecule has 1 fully saturated rings. The van der Waals surface area contributed by atoms with Gasteiger partial charge in [0.05, 0.1) is 28.5 Å². The highest BCUT2D eigenvalue weighted by Crippen LogP contribution is 2.34. The summed E-state index contributed by atoms with van der Waals surface area (Å²) in [5.74, 6) is -0.220. The fourth-order valence-electron chi connectivity index (χ4n) is 3.92. The number of piperidine rings is 1.